The third-order valence-corrected chi connectivity index (χ3v) is 6.77. The maximum atomic E-state index is 12.6. The first-order valence-electron chi connectivity index (χ1n) is 13.0. The van der Waals surface area contributed by atoms with Crippen molar-refractivity contribution >= 4 is 33.7 Å². The summed E-state index contributed by atoms with van der Waals surface area (Å²) in [6.07, 6.45) is 7.13. The van der Waals surface area contributed by atoms with Crippen LogP contribution in [0, 0.1) is 0 Å². The topological polar surface area (TPSA) is 73.9 Å². The molecule has 0 amide bonds. The molecule has 0 N–H and O–H groups in total. The summed E-state index contributed by atoms with van der Waals surface area (Å²) >= 11 is 0. The molecule has 0 saturated carbocycles. The van der Waals surface area contributed by atoms with Gasteiger partial charge < -0.3 is 14.0 Å². The van der Waals surface area contributed by atoms with E-state index in [1.807, 2.05) is 24.4 Å². The normalized spacial score (nSPS) is 14.9. The van der Waals surface area contributed by atoms with E-state index in [2.05, 4.69) is 33.8 Å². The fourth-order valence-corrected chi connectivity index (χ4v) is 4.80. The van der Waals surface area contributed by atoms with Gasteiger partial charge in [-0.2, -0.15) is 0 Å². The van der Waals surface area contributed by atoms with E-state index in [0.717, 1.165) is 105 Å². The number of hydrogen-bond donors (Lipinski definition) is 0. The van der Waals surface area contributed by atoms with Gasteiger partial charge in [0.15, 0.2) is 11.4 Å². The van der Waals surface area contributed by atoms with Crippen molar-refractivity contribution in [3.8, 4) is 5.75 Å². The number of fused-ring (bicyclic) bond motifs is 5. The second-order valence-electron chi connectivity index (χ2n) is 9.31. The Labute approximate surface area is 205 Å². The molecular weight excluding hydrogens is 442 g/mol. The molecule has 8 nitrogen and oxygen atoms in total. The molecule has 8 heteroatoms. The van der Waals surface area contributed by atoms with E-state index in [9.17, 15) is 4.79 Å². The van der Waals surface area contributed by atoms with Gasteiger partial charge in [-0.3, -0.25) is 14.1 Å². The largest absolute Gasteiger partial charge is 0.424 e. The molecule has 4 heterocycles. The smallest absolute Gasteiger partial charge is 0.311 e. The van der Waals surface area contributed by atoms with Gasteiger partial charge >= 0.3 is 5.97 Å². The molecule has 0 aliphatic carbocycles. The number of aromatic nitrogens is 4. The number of ether oxygens (including phenoxy) is 2. The summed E-state index contributed by atoms with van der Waals surface area (Å²) in [5.74, 6) is 1.35. The molecule has 1 aromatic carbocycles. The lowest BCUT2D eigenvalue weighted by Crippen LogP contribution is -2.38. The van der Waals surface area contributed by atoms with Crippen LogP contribution < -0.4 is 4.74 Å². The van der Waals surface area contributed by atoms with Gasteiger partial charge in [-0.25, -0.2) is 9.97 Å². The van der Waals surface area contributed by atoms with Gasteiger partial charge in [0.25, 0.3) is 0 Å². The van der Waals surface area contributed by atoms with Crippen LogP contribution in [0.2, 0.25) is 0 Å². The summed E-state index contributed by atoms with van der Waals surface area (Å²) in [4.78, 5) is 25.2. The summed E-state index contributed by atoms with van der Waals surface area (Å²) in [7, 11) is 0. The number of unbranched alkanes of at least 4 members (excludes halogenated alkanes) is 2. The van der Waals surface area contributed by atoms with Crippen LogP contribution in [-0.2, 0) is 22.5 Å². The summed E-state index contributed by atoms with van der Waals surface area (Å²) in [5, 5.41) is 0.813. The van der Waals surface area contributed by atoms with E-state index >= 15 is 0 Å². The van der Waals surface area contributed by atoms with E-state index in [0.29, 0.717) is 12.2 Å². The monoisotopic (exact) mass is 477 g/mol. The molecule has 4 aromatic rings. The van der Waals surface area contributed by atoms with Gasteiger partial charge in [-0.05, 0) is 25.0 Å². The van der Waals surface area contributed by atoms with Crippen LogP contribution in [0.3, 0.4) is 0 Å². The number of aryl methyl sites for hydroxylation is 1. The van der Waals surface area contributed by atoms with E-state index in [1.54, 1.807) is 0 Å². The first kappa shape index (κ1) is 23.8. The second kappa shape index (κ2) is 10.7. The molecule has 0 spiro atoms. The SMILES string of the molecule is CCCCC(=O)Oc1cn(CCN2CCOCC2)c2nc(CCCC)n3c4ccccc4nc3c12. The first-order valence-corrected chi connectivity index (χ1v) is 13.0. The van der Waals surface area contributed by atoms with Crippen molar-refractivity contribution in [1.82, 2.24) is 23.8 Å². The van der Waals surface area contributed by atoms with Crippen LogP contribution in [0.15, 0.2) is 30.5 Å². The van der Waals surface area contributed by atoms with Crippen LogP contribution in [0.25, 0.3) is 27.7 Å². The Morgan fingerprint density at radius 2 is 1.83 bits per heavy atom. The van der Waals surface area contributed by atoms with E-state index in [1.165, 1.54) is 0 Å². The van der Waals surface area contributed by atoms with Crippen molar-refractivity contribution in [2.75, 3.05) is 32.8 Å². The van der Waals surface area contributed by atoms with Crippen molar-refractivity contribution in [3.63, 3.8) is 0 Å². The highest BCUT2D eigenvalue weighted by Gasteiger charge is 2.23. The van der Waals surface area contributed by atoms with Crippen LogP contribution in [0.1, 0.15) is 51.8 Å². The number of nitrogens with zero attached hydrogens (tertiary/aromatic N) is 5. The highest BCUT2D eigenvalue weighted by atomic mass is 16.5. The molecule has 1 aliphatic heterocycles. The van der Waals surface area contributed by atoms with Crippen molar-refractivity contribution in [2.45, 2.75) is 58.9 Å². The molecule has 3 aromatic heterocycles. The molecule has 5 rings (SSSR count). The molecule has 35 heavy (non-hydrogen) atoms. The van der Waals surface area contributed by atoms with Gasteiger partial charge in [0, 0.05) is 45.2 Å². The van der Waals surface area contributed by atoms with Crippen LogP contribution in [-0.4, -0.2) is 62.7 Å². The van der Waals surface area contributed by atoms with Crippen molar-refractivity contribution in [2.24, 2.45) is 0 Å². The van der Waals surface area contributed by atoms with Crippen molar-refractivity contribution in [3.05, 3.63) is 36.3 Å². The fourth-order valence-electron chi connectivity index (χ4n) is 4.80. The van der Waals surface area contributed by atoms with E-state index in [4.69, 9.17) is 19.4 Å². The zero-order valence-electron chi connectivity index (χ0n) is 20.8. The maximum Gasteiger partial charge on any atom is 0.311 e. The number of morpholine rings is 1. The predicted molar refractivity (Wildman–Crippen MR) is 137 cm³/mol. The quantitative estimate of drug-likeness (QED) is 0.311. The summed E-state index contributed by atoms with van der Waals surface area (Å²) in [6, 6.07) is 8.15. The molecule has 186 valence electrons. The molecular formula is C27H35N5O3. The van der Waals surface area contributed by atoms with Gasteiger partial charge in [0.1, 0.15) is 16.9 Å². The number of carbonyl (C=O) groups excluding carboxylic acids is 1. The molecule has 0 unspecified atom stereocenters. The minimum Gasteiger partial charge on any atom is -0.424 e. The Kier molecular flexibility index (Phi) is 7.29. The third kappa shape index (κ3) is 4.90. The summed E-state index contributed by atoms with van der Waals surface area (Å²) in [5.41, 5.74) is 3.60. The zero-order valence-corrected chi connectivity index (χ0v) is 20.8. The lowest BCUT2D eigenvalue weighted by molar-refractivity contribution is -0.134. The van der Waals surface area contributed by atoms with E-state index in [-0.39, 0.29) is 5.97 Å². The molecule has 0 atom stereocenters. The lowest BCUT2D eigenvalue weighted by Gasteiger charge is -2.26. The number of hydrogen-bond acceptors (Lipinski definition) is 6. The van der Waals surface area contributed by atoms with Gasteiger partial charge in [0.2, 0.25) is 0 Å². The average molecular weight is 478 g/mol. The van der Waals surface area contributed by atoms with Crippen molar-refractivity contribution < 1.29 is 14.3 Å². The van der Waals surface area contributed by atoms with Crippen LogP contribution in [0.5, 0.6) is 5.75 Å². The number of benzene rings is 1. The Hall–Kier alpha value is -2.97. The minimum atomic E-state index is -0.205. The van der Waals surface area contributed by atoms with Crippen LogP contribution in [0.4, 0.5) is 0 Å². The van der Waals surface area contributed by atoms with E-state index < -0.39 is 0 Å². The molecule has 1 aliphatic rings. The first-order chi connectivity index (χ1) is 17.2. The van der Waals surface area contributed by atoms with Gasteiger partial charge in [-0.1, -0.05) is 38.8 Å². The van der Waals surface area contributed by atoms with Gasteiger partial charge in [-0.15, -0.1) is 0 Å². The Morgan fingerprint density at radius 3 is 2.63 bits per heavy atom. The number of para-hydroxylation sites is 2. The van der Waals surface area contributed by atoms with Crippen LogP contribution >= 0.6 is 0 Å². The van der Waals surface area contributed by atoms with Crippen molar-refractivity contribution in [1.29, 1.82) is 0 Å². The number of rotatable bonds is 10. The minimum absolute atomic E-state index is 0.205. The second-order valence-corrected chi connectivity index (χ2v) is 9.31. The molecule has 1 saturated heterocycles. The Morgan fingerprint density at radius 1 is 1.03 bits per heavy atom. The number of imidazole rings is 1. The predicted octanol–water partition coefficient (Wildman–Crippen LogP) is 4.61. The summed E-state index contributed by atoms with van der Waals surface area (Å²) in [6.45, 7) is 9.34. The Balaban J connectivity index is 1.64. The Bertz CT molecular complexity index is 1320. The number of esters is 1. The highest BCUT2D eigenvalue weighted by Crippen LogP contribution is 2.34. The standard InChI is InChI=1S/C27H35N5O3/c1-3-5-11-23-29-26-25(27-28-20-9-7-8-10-21(20)32(23)27)22(35-24(33)12-6-4-2)19-31(26)14-13-30-15-17-34-18-16-30/h7-10,19H,3-6,11-18H2,1-2H3. The average Bonchev–Trinajstić information content (AvgIpc) is 3.43. The summed E-state index contributed by atoms with van der Waals surface area (Å²) < 4.78 is 15.7. The maximum absolute atomic E-state index is 12.6. The molecule has 0 bridgehead atoms. The third-order valence-electron chi connectivity index (χ3n) is 6.77. The fraction of sp³-hybridized carbons (Fsp3) is 0.519. The number of carbonyl (C=O) groups is 1. The highest BCUT2D eigenvalue weighted by molar-refractivity contribution is 6.00. The molecule has 0 radical (unpaired) electrons. The lowest BCUT2D eigenvalue weighted by atomic mass is 10.2. The molecule has 1 fully saturated rings. The van der Waals surface area contributed by atoms with Gasteiger partial charge in [0.05, 0.1) is 24.2 Å². The zero-order chi connectivity index (χ0) is 24.2.